The van der Waals surface area contributed by atoms with Crippen LogP contribution in [0.4, 0.5) is 0 Å². The van der Waals surface area contributed by atoms with Crippen LogP contribution in [-0.4, -0.2) is 11.0 Å². The zero-order chi connectivity index (χ0) is 7.94. The Balaban J connectivity index is 1.86. The Labute approximate surface area is 75.1 Å². The van der Waals surface area contributed by atoms with Crippen LogP contribution in [0.5, 0.6) is 0 Å². The zero-order valence-corrected chi connectivity index (χ0v) is 8.46. The lowest BCUT2D eigenvalue weighted by molar-refractivity contribution is 0.607. The summed E-state index contributed by atoms with van der Waals surface area (Å²) in [6.07, 6.45) is 10.2. The van der Waals surface area contributed by atoms with Gasteiger partial charge in [0, 0.05) is 5.25 Å². The van der Waals surface area contributed by atoms with Crippen molar-refractivity contribution in [1.82, 2.24) is 0 Å². The summed E-state index contributed by atoms with van der Waals surface area (Å²) in [5.74, 6) is 1.43. The van der Waals surface area contributed by atoms with Crippen LogP contribution >= 0.6 is 11.8 Å². The van der Waals surface area contributed by atoms with E-state index in [4.69, 9.17) is 0 Å². The average Bonchev–Trinajstić information content (AvgIpc) is 2.50. The second-order valence-electron chi connectivity index (χ2n) is 3.48. The van der Waals surface area contributed by atoms with Crippen LogP contribution in [-0.2, 0) is 0 Å². The van der Waals surface area contributed by atoms with Gasteiger partial charge in [-0.3, -0.25) is 0 Å². The lowest BCUT2D eigenvalue weighted by Crippen LogP contribution is -1.95. The third-order valence-electron chi connectivity index (χ3n) is 2.40. The van der Waals surface area contributed by atoms with E-state index in [1.165, 1.54) is 50.7 Å². The van der Waals surface area contributed by atoms with Gasteiger partial charge in [0.2, 0.25) is 0 Å². The lowest BCUT2D eigenvalue weighted by atomic mass is 10.1. The van der Waals surface area contributed by atoms with Gasteiger partial charge >= 0.3 is 0 Å². The molecule has 1 saturated heterocycles. The molecule has 1 heterocycles. The van der Waals surface area contributed by atoms with Gasteiger partial charge in [-0.2, -0.15) is 11.8 Å². The molecule has 1 rings (SSSR count). The minimum atomic E-state index is 1.03. The first-order valence-electron chi connectivity index (χ1n) is 5.05. The van der Waals surface area contributed by atoms with Crippen LogP contribution in [0.25, 0.3) is 0 Å². The number of unbranched alkanes of at least 4 members (excludes halogenated alkanes) is 3. The Morgan fingerprint density at radius 3 is 2.82 bits per heavy atom. The third-order valence-corrected chi connectivity index (χ3v) is 3.87. The SMILES string of the molecule is CCCCCCC1CCCS1. The summed E-state index contributed by atoms with van der Waals surface area (Å²) in [5, 5.41) is 1.03. The fourth-order valence-electron chi connectivity index (χ4n) is 1.67. The second kappa shape index (κ2) is 5.93. The van der Waals surface area contributed by atoms with E-state index in [2.05, 4.69) is 18.7 Å². The molecule has 0 saturated carbocycles. The van der Waals surface area contributed by atoms with Crippen molar-refractivity contribution >= 4 is 11.8 Å². The molecule has 66 valence electrons. The largest absolute Gasteiger partial charge is 0.159 e. The summed E-state index contributed by atoms with van der Waals surface area (Å²) in [7, 11) is 0. The fraction of sp³-hybridized carbons (Fsp3) is 1.00. The fourth-order valence-corrected chi connectivity index (χ4v) is 3.00. The Morgan fingerprint density at radius 1 is 1.27 bits per heavy atom. The van der Waals surface area contributed by atoms with E-state index >= 15 is 0 Å². The smallest absolute Gasteiger partial charge is 0.00473 e. The molecule has 0 spiro atoms. The van der Waals surface area contributed by atoms with Crippen molar-refractivity contribution in [3.63, 3.8) is 0 Å². The Bertz CT molecular complexity index is 84.9. The van der Waals surface area contributed by atoms with Crippen molar-refractivity contribution < 1.29 is 0 Å². The first kappa shape index (κ1) is 9.44. The van der Waals surface area contributed by atoms with E-state index in [1.54, 1.807) is 0 Å². The van der Waals surface area contributed by atoms with Crippen LogP contribution < -0.4 is 0 Å². The van der Waals surface area contributed by atoms with E-state index in [-0.39, 0.29) is 0 Å². The molecule has 0 radical (unpaired) electrons. The van der Waals surface area contributed by atoms with Crippen LogP contribution in [0.1, 0.15) is 51.9 Å². The highest BCUT2D eigenvalue weighted by Gasteiger charge is 2.13. The lowest BCUT2D eigenvalue weighted by Gasteiger charge is -2.06. The molecule has 0 aromatic rings. The first-order valence-corrected chi connectivity index (χ1v) is 6.10. The van der Waals surface area contributed by atoms with Crippen molar-refractivity contribution in [3.8, 4) is 0 Å². The predicted molar refractivity (Wildman–Crippen MR) is 54.2 cm³/mol. The van der Waals surface area contributed by atoms with Gasteiger partial charge in [-0.25, -0.2) is 0 Å². The molecule has 0 N–H and O–H groups in total. The molecular weight excluding hydrogens is 152 g/mol. The van der Waals surface area contributed by atoms with Gasteiger partial charge < -0.3 is 0 Å². The summed E-state index contributed by atoms with van der Waals surface area (Å²) in [6, 6.07) is 0. The van der Waals surface area contributed by atoms with E-state index in [9.17, 15) is 0 Å². The maximum absolute atomic E-state index is 2.28. The molecule has 0 aliphatic carbocycles. The molecule has 1 heteroatoms. The van der Waals surface area contributed by atoms with Crippen molar-refractivity contribution in [2.45, 2.75) is 57.1 Å². The van der Waals surface area contributed by atoms with Gasteiger partial charge in [-0.05, 0) is 25.0 Å². The number of thioether (sulfide) groups is 1. The van der Waals surface area contributed by atoms with Crippen LogP contribution in [0.3, 0.4) is 0 Å². The third kappa shape index (κ3) is 4.05. The van der Waals surface area contributed by atoms with Gasteiger partial charge in [0.15, 0.2) is 0 Å². The second-order valence-corrected chi connectivity index (χ2v) is 4.89. The van der Waals surface area contributed by atoms with Crippen molar-refractivity contribution in [1.29, 1.82) is 0 Å². The van der Waals surface area contributed by atoms with Gasteiger partial charge in [-0.1, -0.05) is 32.6 Å². The van der Waals surface area contributed by atoms with Crippen LogP contribution in [0.15, 0.2) is 0 Å². The molecule has 1 atom stereocenters. The minimum absolute atomic E-state index is 1.03. The molecule has 1 unspecified atom stereocenters. The number of hydrogen-bond donors (Lipinski definition) is 0. The molecule has 0 bridgehead atoms. The Kier molecular flexibility index (Phi) is 5.09. The number of hydrogen-bond acceptors (Lipinski definition) is 1. The van der Waals surface area contributed by atoms with Crippen LogP contribution in [0.2, 0.25) is 0 Å². The average molecular weight is 172 g/mol. The Hall–Kier alpha value is 0.350. The van der Waals surface area contributed by atoms with Gasteiger partial charge in [0.05, 0.1) is 0 Å². The van der Waals surface area contributed by atoms with Gasteiger partial charge in [-0.15, -0.1) is 0 Å². The van der Waals surface area contributed by atoms with Crippen molar-refractivity contribution in [2.75, 3.05) is 5.75 Å². The van der Waals surface area contributed by atoms with Gasteiger partial charge in [0.25, 0.3) is 0 Å². The Morgan fingerprint density at radius 2 is 2.18 bits per heavy atom. The highest BCUT2D eigenvalue weighted by atomic mass is 32.2. The maximum atomic E-state index is 2.28. The van der Waals surface area contributed by atoms with E-state index < -0.39 is 0 Å². The molecular formula is C10H20S. The molecule has 11 heavy (non-hydrogen) atoms. The van der Waals surface area contributed by atoms with E-state index in [0.717, 1.165) is 5.25 Å². The molecule has 0 amide bonds. The molecule has 0 aromatic carbocycles. The summed E-state index contributed by atoms with van der Waals surface area (Å²) in [6.45, 7) is 2.28. The molecule has 0 nitrogen and oxygen atoms in total. The summed E-state index contributed by atoms with van der Waals surface area (Å²) >= 11 is 2.20. The highest BCUT2D eigenvalue weighted by molar-refractivity contribution is 8.00. The number of rotatable bonds is 5. The summed E-state index contributed by atoms with van der Waals surface area (Å²) in [5.41, 5.74) is 0. The molecule has 0 aromatic heterocycles. The normalized spacial score (nSPS) is 24.3. The van der Waals surface area contributed by atoms with Crippen molar-refractivity contribution in [3.05, 3.63) is 0 Å². The quantitative estimate of drug-likeness (QED) is 0.568. The molecule has 1 fully saturated rings. The van der Waals surface area contributed by atoms with E-state index in [1.807, 2.05) is 0 Å². The first-order chi connectivity index (χ1) is 5.43. The summed E-state index contributed by atoms with van der Waals surface area (Å²) < 4.78 is 0. The highest BCUT2D eigenvalue weighted by Crippen LogP contribution is 2.29. The van der Waals surface area contributed by atoms with Crippen LogP contribution in [0, 0.1) is 0 Å². The molecule has 1 aliphatic rings. The maximum Gasteiger partial charge on any atom is 0.00473 e. The van der Waals surface area contributed by atoms with Gasteiger partial charge in [0.1, 0.15) is 0 Å². The minimum Gasteiger partial charge on any atom is -0.159 e. The summed E-state index contributed by atoms with van der Waals surface area (Å²) in [4.78, 5) is 0. The molecule has 1 aliphatic heterocycles. The standard InChI is InChI=1S/C10H20S/c1-2-3-4-5-7-10-8-6-9-11-10/h10H,2-9H2,1H3. The zero-order valence-electron chi connectivity index (χ0n) is 7.64. The predicted octanol–water partition coefficient (Wildman–Crippen LogP) is 3.85. The topological polar surface area (TPSA) is 0 Å². The monoisotopic (exact) mass is 172 g/mol. The van der Waals surface area contributed by atoms with E-state index in [0.29, 0.717) is 0 Å². The van der Waals surface area contributed by atoms with Crippen molar-refractivity contribution in [2.24, 2.45) is 0 Å².